The van der Waals surface area contributed by atoms with Gasteiger partial charge in [0.05, 0.1) is 12.4 Å². The Morgan fingerprint density at radius 3 is 1.63 bits per heavy atom. The van der Waals surface area contributed by atoms with E-state index in [1.165, 1.54) is 37.3 Å². The molecule has 0 spiro atoms. The summed E-state index contributed by atoms with van der Waals surface area (Å²) in [4.78, 5) is 0. The van der Waals surface area contributed by atoms with E-state index in [1.807, 2.05) is 6.20 Å². The molecule has 2 aromatic heterocycles. The van der Waals surface area contributed by atoms with Crippen LogP contribution >= 0.6 is 0 Å². The van der Waals surface area contributed by atoms with Crippen LogP contribution in [0.15, 0.2) is 12.4 Å². The van der Waals surface area contributed by atoms with Crippen molar-refractivity contribution in [3.05, 3.63) is 34.9 Å². The van der Waals surface area contributed by atoms with E-state index in [2.05, 4.69) is 42.7 Å². The van der Waals surface area contributed by atoms with Gasteiger partial charge in [0.25, 0.3) is 0 Å². The first kappa shape index (κ1) is 21.5. The van der Waals surface area contributed by atoms with Gasteiger partial charge in [0.1, 0.15) is 5.69 Å². The highest BCUT2D eigenvalue weighted by Gasteiger charge is 2.40. The van der Waals surface area contributed by atoms with Gasteiger partial charge in [-0.2, -0.15) is 23.4 Å². The van der Waals surface area contributed by atoms with E-state index < -0.39 is 17.3 Å². The molecular weight excluding hydrogens is 353 g/mol. The normalized spacial score (nSPS) is 15.5. The van der Waals surface area contributed by atoms with Crippen LogP contribution in [0.25, 0.3) is 0 Å². The Morgan fingerprint density at radius 2 is 1.26 bits per heavy atom. The summed E-state index contributed by atoms with van der Waals surface area (Å²) in [5.74, 6) is 0.793. The van der Waals surface area contributed by atoms with Crippen LogP contribution < -0.4 is 0 Å². The van der Waals surface area contributed by atoms with Crippen LogP contribution in [0.1, 0.15) is 82.8 Å². The third-order valence-corrected chi connectivity index (χ3v) is 4.77. The Balaban J connectivity index is 0.000000194. The second-order valence-electron chi connectivity index (χ2n) is 9.37. The van der Waals surface area contributed by atoms with Gasteiger partial charge in [0.2, 0.25) is 0 Å². The van der Waals surface area contributed by atoms with Crippen LogP contribution in [0.3, 0.4) is 0 Å². The van der Waals surface area contributed by atoms with Crippen LogP contribution in [-0.4, -0.2) is 19.6 Å². The lowest BCUT2D eigenvalue weighted by Crippen LogP contribution is -2.20. The molecule has 7 heteroatoms. The van der Waals surface area contributed by atoms with Gasteiger partial charge in [-0.25, -0.2) is 0 Å². The zero-order chi connectivity index (χ0) is 20.8. The number of aryl methyl sites for hydroxylation is 2. The second-order valence-corrected chi connectivity index (χ2v) is 9.37. The third kappa shape index (κ3) is 4.93. The minimum Gasteiger partial charge on any atom is -0.272 e. The molecule has 0 saturated heterocycles. The molecule has 0 aliphatic heterocycles. The fraction of sp³-hybridized carbons (Fsp3) is 0.700. The summed E-state index contributed by atoms with van der Waals surface area (Å²) in [5, 5.41) is 8.01. The minimum absolute atomic E-state index is 0.229. The summed E-state index contributed by atoms with van der Waals surface area (Å²) in [6.45, 7) is 12.0. The summed E-state index contributed by atoms with van der Waals surface area (Å²) in [6.07, 6.45) is 1.68. The molecule has 27 heavy (non-hydrogen) atoms. The number of aromatic nitrogens is 4. The second kappa shape index (κ2) is 6.99. The van der Waals surface area contributed by atoms with Crippen molar-refractivity contribution >= 4 is 0 Å². The quantitative estimate of drug-likeness (QED) is 0.666. The van der Waals surface area contributed by atoms with Crippen LogP contribution in [-0.2, 0) is 31.1 Å². The van der Waals surface area contributed by atoms with Gasteiger partial charge in [-0.05, 0) is 29.2 Å². The highest BCUT2D eigenvalue weighted by molar-refractivity contribution is 5.31. The average molecular weight is 384 g/mol. The maximum absolute atomic E-state index is 12.6. The van der Waals surface area contributed by atoms with Crippen LogP contribution in [0, 0.1) is 0 Å². The molecule has 0 amide bonds. The lowest BCUT2D eigenvalue weighted by atomic mass is 9.86. The molecule has 0 aromatic carbocycles. The third-order valence-electron chi connectivity index (χ3n) is 4.77. The number of rotatable bonds is 1. The molecular formula is C20H31F3N4. The summed E-state index contributed by atoms with van der Waals surface area (Å²) in [6, 6.07) is 0. The highest BCUT2D eigenvalue weighted by atomic mass is 19.4. The lowest BCUT2D eigenvalue weighted by molar-refractivity contribution is -0.144. The van der Waals surface area contributed by atoms with Crippen molar-refractivity contribution in [1.29, 1.82) is 0 Å². The molecule has 0 bridgehead atoms. The Labute approximate surface area is 159 Å². The largest absolute Gasteiger partial charge is 0.433 e. The molecule has 1 aliphatic rings. The predicted octanol–water partition coefficient (Wildman–Crippen LogP) is 5.33. The zero-order valence-electron chi connectivity index (χ0n) is 17.6. The molecule has 0 atom stereocenters. The topological polar surface area (TPSA) is 35.6 Å². The molecule has 1 saturated carbocycles. The van der Waals surface area contributed by atoms with E-state index in [-0.39, 0.29) is 11.0 Å². The lowest BCUT2D eigenvalue weighted by Gasteiger charge is -2.20. The van der Waals surface area contributed by atoms with Gasteiger partial charge < -0.3 is 0 Å². The molecule has 0 radical (unpaired) electrons. The van der Waals surface area contributed by atoms with Crippen molar-refractivity contribution in [3.63, 3.8) is 0 Å². The van der Waals surface area contributed by atoms with E-state index in [0.29, 0.717) is 0 Å². The smallest absolute Gasteiger partial charge is 0.272 e. The molecule has 1 aliphatic carbocycles. The summed E-state index contributed by atoms with van der Waals surface area (Å²) >= 11 is 0. The van der Waals surface area contributed by atoms with Gasteiger partial charge in [0.15, 0.2) is 0 Å². The Hall–Kier alpha value is -1.79. The molecule has 4 nitrogen and oxygen atoms in total. The molecule has 2 heterocycles. The van der Waals surface area contributed by atoms with Crippen molar-refractivity contribution in [2.75, 3.05) is 0 Å². The first-order chi connectivity index (χ1) is 12.1. The zero-order valence-corrected chi connectivity index (χ0v) is 17.6. The van der Waals surface area contributed by atoms with E-state index in [0.717, 1.165) is 10.6 Å². The van der Waals surface area contributed by atoms with Crippen molar-refractivity contribution in [3.8, 4) is 0 Å². The van der Waals surface area contributed by atoms with Crippen LogP contribution in [0.5, 0.6) is 0 Å². The molecule has 1 fully saturated rings. The van der Waals surface area contributed by atoms with Crippen molar-refractivity contribution < 1.29 is 13.2 Å². The van der Waals surface area contributed by atoms with Crippen molar-refractivity contribution in [2.24, 2.45) is 14.1 Å². The van der Waals surface area contributed by atoms with Gasteiger partial charge in [0, 0.05) is 31.3 Å². The Morgan fingerprint density at radius 1 is 0.815 bits per heavy atom. The number of nitrogens with zero attached hydrogens (tertiary/aromatic N) is 4. The first-order valence-corrected chi connectivity index (χ1v) is 9.26. The Kier molecular flexibility index (Phi) is 5.56. The van der Waals surface area contributed by atoms with Gasteiger partial charge in [-0.3, -0.25) is 9.36 Å². The molecule has 0 N–H and O–H groups in total. The summed E-state index contributed by atoms with van der Waals surface area (Å²) in [5.41, 5.74) is 2.16. The molecule has 3 rings (SSSR count). The van der Waals surface area contributed by atoms with Gasteiger partial charge in [-0.1, -0.05) is 41.5 Å². The fourth-order valence-corrected chi connectivity index (χ4v) is 3.19. The Bertz CT molecular complexity index is 782. The standard InChI is InChI=1S/C11H18N2.C9H13F3N2/c1-11(2,3)9-7-12-13(4)10(9)8-5-6-8;1-8(2,3)6-5-13-14(4)7(6)9(10,11)12/h7-8H,5-6H2,1-4H3;5H,1-4H3. The number of hydrogen-bond acceptors (Lipinski definition) is 2. The van der Waals surface area contributed by atoms with E-state index in [4.69, 9.17) is 0 Å². The monoisotopic (exact) mass is 384 g/mol. The van der Waals surface area contributed by atoms with E-state index >= 15 is 0 Å². The SMILES string of the molecule is Cn1ncc(C(C)(C)C)c1C(F)(F)F.Cn1ncc(C(C)(C)C)c1C1CC1. The van der Waals surface area contributed by atoms with Crippen LogP contribution in [0.4, 0.5) is 13.2 Å². The van der Waals surface area contributed by atoms with Gasteiger partial charge in [-0.15, -0.1) is 0 Å². The minimum atomic E-state index is -4.34. The maximum Gasteiger partial charge on any atom is 0.433 e. The number of hydrogen-bond donors (Lipinski definition) is 0. The van der Waals surface area contributed by atoms with Crippen molar-refractivity contribution in [1.82, 2.24) is 19.6 Å². The predicted molar refractivity (Wildman–Crippen MR) is 101 cm³/mol. The van der Waals surface area contributed by atoms with E-state index in [9.17, 15) is 13.2 Å². The molecule has 152 valence electrons. The summed E-state index contributed by atoms with van der Waals surface area (Å²) in [7, 11) is 3.36. The maximum atomic E-state index is 12.6. The summed E-state index contributed by atoms with van der Waals surface area (Å²) < 4.78 is 40.8. The fourth-order valence-electron chi connectivity index (χ4n) is 3.19. The number of halogens is 3. The average Bonchev–Trinajstić information content (AvgIpc) is 3.08. The molecule has 0 unspecified atom stereocenters. The highest BCUT2D eigenvalue weighted by Crippen LogP contribution is 2.44. The van der Waals surface area contributed by atoms with Crippen molar-refractivity contribution in [2.45, 2.75) is 77.3 Å². The van der Waals surface area contributed by atoms with E-state index in [1.54, 1.807) is 20.8 Å². The first-order valence-electron chi connectivity index (χ1n) is 9.26. The van der Waals surface area contributed by atoms with Gasteiger partial charge >= 0.3 is 6.18 Å². The van der Waals surface area contributed by atoms with Crippen LogP contribution in [0.2, 0.25) is 0 Å². The number of alkyl halides is 3. The molecule has 2 aromatic rings.